The first-order valence-corrected chi connectivity index (χ1v) is 12.2. The Kier molecular flexibility index (Phi) is 8.07. The van der Waals surface area contributed by atoms with Crippen molar-refractivity contribution in [3.63, 3.8) is 0 Å². The molecule has 0 saturated carbocycles. The average molecular weight is 485 g/mol. The first kappa shape index (κ1) is 23.7. The molecule has 4 nitrogen and oxygen atoms in total. The zero-order valence-corrected chi connectivity index (χ0v) is 20.2. The van der Waals surface area contributed by atoms with E-state index in [1.54, 1.807) is 11.0 Å². The van der Waals surface area contributed by atoms with Crippen LogP contribution < -0.4 is 4.90 Å². The molecule has 1 fully saturated rings. The van der Waals surface area contributed by atoms with Gasteiger partial charge in [-0.2, -0.15) is 0 Å². The molecule has 0 atom stereocenters. The second-order valence-corrected chi connectivity index (χ2v) is 9.35. The number of hydrogen-bond donors (Lipinski definition) is 0. The number of amides is 2. The fourth-order valence-corrected chi connectivity index (χ4v) is 4.82. The maximum atomic E-state index is 13.2. The lowest BCUT2D eigenvalue weighted by molar-refractivity contribution is -0.123. The fourth-order valence-electron chi connectivity index (χ4n) is 3.56. The summed E-state index contributed by atoms with van der Waals surface area (Å²) in [6, 6.07) is 29.3. The number of thioether (sulfide) groups is 1. The first-order chi connectivity index (χ1) is 16.6. The van der Waals surface area contributed by atoms with Crippen molar-refractivity contribution in [3.8, 4) is 0 Å². The Bertz CT molecular complexity index is 1210. The highest BCUT2D eigenvalue weighted by Crippen LogP contribution is 2.31. The van der Waals surface area contributed by atoms with Gasteiger partial charge in [0.2, 0.25) is 5.91 Å². The predicted octanol–water partition coefficient (Wildman–Crippen LogP) is 6.07. The number of para-hydroxylation sites is 1. The number of carbonyl (C=O) groups excluding carboxylic acids is 2. The summed E-state index contributed by atoms with van der Waals surface area (Å²) in [5, 5.41) is 0. The van der Waals surface area contributed by atoms with Crippen LogP contribution in [0.3, 0.4) is 0 Å². The molecule has 4 rings (SSSR count). The molecule has 170 valence electrons. The van der Waals surface area contributed by atoms with Crippen molar-refractivity contribution in [1.29, 1.82) is 0 Å². The standard InChI is InChI=1S/C28H24N2O2S2/c31-26(30(24-16-8-3-9-17-24)21-23-13-6-2-7-14-23)19-20-29-27(32)25(34-28(29)33)18-10-15-22-11-4-1-5-12-22/h1-18H,19-21H2. The van der Waals surface area contributed by atoms with Crippen LogP contribution in [-0.2, 0) is 16.1 Å². The molecule has 34 heavy (non-hydrogen) atoms. The topological polar surface area (TPSA) is 40.6 Å². The van der Waals surface area contributed by atoms with E-state index in [0.29, 0.717) is 15.8 Å². The molecule has 2 amide bonds. The van der Waals surface area contributed by atoms with Gasteiger partial charge in [0.05, 0.1) is 11.4 Å². The summed E-state index contributed by atoms with van der Waals surface area (Å²) >= 11 is 6.70. The number of hydrogen-bond acceptors (Lipinski definition) is 4. The van der Waals surface area contributed by atoms with E-state index in [0.717, 1.165) is 16.8 Å². The van der Waals surface area contributed by atoms with Gasteiger partial charge in [0.25, 0.3) is 5.91 Å². The van der Waals surface area contributed by atoms with E-state index in [1.165, 1.54) is 16.7 Å². The van der Waals surface area contributed by atoms with Gasteiger partial charge >= 0.3 is 0 Å². The maximum absolute atomic E-state index is 13.2. The number of carbonyl (C=O) groups is 2. The van der Waals surface area contributed by atoms with Crippen LogP contribution in [0.25, 0.3) is 6.08 Å². The minimum absolute atomic E-state index is 0.0583. The van der Waals surface area contributed by atoms with Gasteiger partial charge in [0.15, 0.2) is 0 Å². The fraction of sp³-hybridized carbons (Fsp3) is 0.107. The lowest BCUT2D eigenvalue weighted by Gasteiger charge is -2.24. The van der Waals surface area contributed by atoms with Crippen LogP contribution in [0, 0.1) is 0 Å². The Hall–Kier alpha value is -3.48. The van der Waals surface area contributed by atoms with Gasteiger partial charge in [-0.3, -0.25) is 14.5 Å². The van der Waals surface area contributed by atoms with Crippen LogP contribution in [0.15, 0.2) is 108 Å². The first-order valence-electron chi connectivity index (χ1n) is 11.0. The molecular formula is C28H24N2O2S2. The molecule has 0 unspecified atom stereocenters. The van der Waals surface area contributed by atoms with Crippen molar-refractivity contribution in [2.45, 2.75) is 13.0 Å². The molecular weight excluding hydrogens is 460 g/mol. The second kappa shape index (κ2) is 11.6. The Labute approximate surface area is 209 Å². The maximum Gasteiger partial charge on any atom is 0.266 e. The monoisotopic (exact) mass is 484 g/mol. The molecule has 0 N–H and O–H groups in total. The number of allylic oxidation sites excluding steroid dienone is 2. The van der Waals surface area contributed by atoms with Crippen molar-refractivity contribution in [3.05, 3.63) is 119 Å². The number of rotatable bonds is 8. The highest BCUT2D eigenvalue weighted by molar-refractivity contribution is 8.26. The van der Waals surface area contributed by atoms with Crippen LogP contribution in [0.2, 0.25) is 0 Å². The number of benzene rings is 3. The zero-order chi connectivity index (χ0) is 23.8. The lowest BCUT2D eigenvalue weighted by atomic mass is 10.2. The Morgan fingerprint density at radius 1 is 0.912 bits per heavy atom. The van der Waals surface area contributed by atoms with Crippen molar-refractivity contribution in [2.75, 3.05) is 11.4 Å². The number of thiocarbonyl (C=S) groups is 1. The summed E-state index contributed by atoms with van der Waals surface area (Å²) in [5.41, 5.74) is 2.92. The molecule has 0 aromatic heterocycles. The smallest absolute Gasteiger partial charge is 0.266 e. The van der Waals surface area contributed by atoms with Crippen LogP contribution in [0.5, 0.6) is 0 Å². The Balaban J connectivity index is 1.42. The molecule has 0 spiro atoms. The summed E-state index contributed by atoms with van der Waals surface area (Å²) in [6.07, 6.45) is 5.75. The highest BCUT2D eigenvalue weighted by Gasteiger charge is 2.32. The Morgan fingerprint density at radius 3 is 2.21 bits per heavy atom. The number of anilines is 1. The molecule has 6 heteroatoms. The van der Waals surface area contributed by atoms with E-state index in [9.17, 15) is 9.59 Å². The van der Waals surface area contributed by atoms with E-state index in [-0.39, 0.29) is 24.8 Å². The molecule has 0 radical (unpaired) electrons. The van der Waals surface area contributed by atoms with Gasteiger partial charge in [-0.1, -0.05) is 115 Å². The van der Waals surface area contributed by atoms with E-state index in [2.05, 4.69) is 0 Å². The van der Waals surface area contributed by atoms with Gasteiger partial charge in [0.1, 0.15) is 4.32 Å². The summed E-state index contributed by atoms with van der Waals surface area (Å²) in [7, 11) is 0. The van der Waals surface area contributed by atoms with Gasteiger partial charge in [0, 0.05) is 18.7 Å². The molecule has 0 aliphatic carbocycles. The van der Waals surface area contributed by atoms with Gasteiger partial charge in [-0.05, 0) is 29.3 Å². The minimum atomic E-state index is -0.158. The lowest BCUT2D eigenvalue weighted by Crippen LogP contribution is -2.36. The summed E-state index contributed by atoms with van der Waals surface area (Å²) in [4.78, 5) is 30.0. The van der Waals surface area contributed by atoms with Crippen LogP contribution in [-0.4, -0.2) is 27.6 Å². The largest absolute Gasteiger partial charge is 0.308 e. The molecule has 1 aliphatic heterocycles. The van der Waals surface area contributed by atoms with Crippen LogP contribution >= 0.6 is 24.0 Å². The number of nitrogens with zero attached hydrogens (tertiary/aromatic N) is 2. The van der Waals surface area contributed by atoms with Crippen LogP contribution in [0.1, 0.15) is 17.5 Å². The highest BCUT2D eigenvalue weighted by atomic mass is 32.2. The quantitative estimate of drug-likeness (QED) is 0.288. The van der Waals surface area contributed by atoms with E-state index < -0.39 is 0 Å². The van der Waals surface area contributed by atoms with Crippen molar-refractivity contribution in [2.24, 2.45) is 0 Å². The van der Waals surface area contributed by atoms with Gasteiger partial charge in [-0.15, -0.1) is 0 Å². The van der Waals surface area contributed by atoms with Crippen LogP contribution in [0.4, 0.5) is 5.69 Å². The molecule has 1 heterocycles. The van der Waals surface area contributed by atoms with Crippen molar-refractivity contribution in [1.82, 2.24) is 4.90 Å². The molecule has 0 bridgehead atoms. The molecule has 3 aromatic rings. The van der Waals surface area contributed by atoms with E-state index >= 15 is 0 Å². The second-order valence-electron chi connectivity index (χ2n) is 7.68. The average Bonchev–Trinajstić information content (AvgIpc) is 3.15. The third-order valence-electron chi connectivity index (χ3n) is 5.31. The van der Waals surface area contributed by atoms with Crippen molar-refractivity contribution < 1.29 is 9.59 Å². The summed E-state index contributed by atoms with van der Waals surface area (Å²) < 4.78 is 0.478. The third-order valence-corrected chi connectivity index (χ3v) is 6.71. The van der Waals surface area contributed by atoms with E-state index in [4.69, 9.17) is 12.2 Å². The Morgan fingerprint density at radius 2 is 1.53 bits per heavy atom. The SMILES string of the molecule is O=C1C(=CC=Cc2ccccc2)SC(=S)N1CCC(=O)N(Cc1ccccc1)c1ccccc1. The molecule has 3 aromatic carbocycles. The molecule has 1 saturated heterocycles. The van der Waals surface area contributed by atoms with Gasteiger partial charge < -0.3 is 4.90 Å². The van der Waals surface area contributed by atoms with E-state index in [1.807, 2.05) is 103 Å². The normalized spacial score (nSPS) is 14.8. The predicted molar refractivity (Wildman–Crippen MR) is 144 cm³/mol. The summed E-state index contributed by atoms with van der Waals surface area (Å²) in [5.74, 6) is -0.216. The minimum Gasteiger partial charge on any atom is -0.308 e. The summed E-state index contributed by atoms with van der Waals surface area (Å²) in [6.45, 7) is 0.716. The zero-order valence-electron chi connectivity index (χ0n) is 18.5. The van der Waals surface area contributed by atoms with Crippen molar-refractivity contribution >= 4 is 51.9 Å². The molecule has 1 aliphatic rings. The van der Waals surface area contributed by atoms with Gasteiger partial charge in [-0.25, -0.2) is 0 Å². The third kappa shape index (κ3) is 6.10.